The first-order chi connectivity index (χ1) is 10.6. The molecule has 1 saturated carbocycles. The lowest BCUT2D eigenvalue weighted by Gasteiger charge is -2.39. The summed E-state index contributed by atoms with van der Waals surface area (Å²) in [5.74, 6) is 1.82. The molecule has 1 amide bonds. The van der Waals surface area contributed by atoms with Crippen LogP contribution in [0.5, 0.6) is 5.75 Å². The standard InChI is InChI=1S/C16H21NO4S/c1-11-6-12(7-16(19)20-11)21-13-8-17(9-13)15(18)10-22-14-4-2-3-5-14/h6-7,13-14H,2-5,8-10H2,1H3. The van der Waals surface area contributed by atoms with Gasteiger partial charge in [-0.05, 0) is 19.8 Å². The summed E-state index contributed by atoms with van der Waals surface area (Å²) in [6.07, 6.45) is 5.08. The average molecular weight is 323 g/mol. The van der Waals surface area contributed by atoms with Crippen LogP contribution in [0.3, 0.4) is 0 Å². The number of hydrogen-bond acceptors (Lipinski definition) is 5. The highest BCUT2D eigenvalue weighted by molar-refractivity contribution is 8.00. The van der Waals surface area contributed by atoms with Crippen LogP contribution in [-0.2, 0) is 4.79 Å². The Hall–Kier alpha value is -1.43. The summed E-state index contributed by atoms with van der Waals surface area (Å²) in [5, 5.41) is 0.670. The van der Waals surface area contributed by atoms with E-state index in [9.17, 15) is 9.59 Å². The molecule has 2 heterocycles. The van der Waals surface area contributed by atoms with Crippen LogP contribution >= 0.6 is 11.8 Å². The molecule has 1 aromatic rings. The minimum absolute atomic E-state index is 0.0263. The lowest BCUT2D eigenvalue weighted by molar-refractivity contribution is -0.137. The van der Waals surface area contributed by atoms with Crippen LogP contribution < -0.4 is 10.4 Å². The van der Waals surface area contributed by atoms with Crippen molar-refractivity contribution in [3.8, 4) is 5.75 Å². The zero-order chi connectivity index (χ0) is 15.5. The second-order valence-corrected chi connectivity index (χ2v) is 7.27. The highest BCUT2D eigenvalue weighted by atomic mass is 32.2. The molecule has 1 aliphatic heterocycles. The SMILES string of the molecule is Cc1cc(OC2CN(C(=O)CSC3CCCC3)C2)cc(=O)o1. The number of aryl methyl sites for hydroxylation is 1. The summed E-state index contributed by atoms with van der Waals surface area (Å²) in [7, 11) is 0. The molecule has 0 N–H and O–H groups in total. The number of carbonyl (C=O) groups is 1. The topological polar surface area (TPSA) is 59.8 Å². The number of nitrogens with zero attached hydrogens (tertiary/aromatic N) is 1. The molecule has 0 bridgehead atoms. The van der Waals surface area contributed by atoms with Crippen molar-refractivity contribution in [2.24, 2.45) is 0 Å². The molecule has 0 unspecified atom stereocenters. The second-order valence-electron chi connectivity index (χ2n) is 5.98. The number of thioether (sulfide) groups is 1. The van der Waals surface area contributed by atoms with Crippen LogP contribution in [0.25, 0.3) is 0 Å². The molecular formula is C16H21NO4S. The van der Waals surface area contributed by atoms with Crippen molar-refractivity contribution < 1.29 is 13.9 Å². The lowest BCUT2D eigenvalue weighted by atomic mass is 10.1. The summed E-state index contributed by atoms with van der Waals surface area (Å²) < 4.78 is 10.6. The van der Waals surface area contributed by atoms with E-state index in [2.05, 4.69) is 0 Å². The summed E-state index contributed by atoms with van der Waals surface area (Å²) >= 11 is 1.79. The van der Waals surface area contributed by atoms with Gasteiger partial charge in [0.1, 0.15) is 17.6 Å². The lowest BCUT2D eigenvalue weighted by Crippen LogP contribution is -2.56. The Labute approximate surface area is 134 Å². The van der Waals surface area contributed by atoms with E-state index in [0.29, 0.717) is 35.6 Å². The molecule has 6 heteroatoms. The van der Waals surface area contributed by atoms with Crippen molar-refractivity contribution in [1.82, 2.24) is 4.90 Å². The molecule has 1 aromatic heterocycles. The molecule has 1 saturated heterocycles. The summed E-state index contributed by atoms with van der Waals surface area (Å²) in [5.41, 5.74) is -0.407. The van der Waals surface area contributed by atoms with Gasteiger partial charge in [-0.15, -0.1) is 11.8 Å². The van der Waals surface area contributed by atoms with E-state index in [1.54, 1.807) is 24.8 Å². The molecule has 22 heavy (non-hydrogen) atoms. The normalized spacial score (nSPS) is 19.2. The zero-order valence-corrected chi connectivity index (χ0v) is 13.6. The van der Waals surface area contributed by atoms with Gasteiger partial charge >= 0.3 is 5.63 Å². The Morgan fingerprint density at radius 2 is 2.09 bits per heavy atom. The van der Waals surface area contributed by atoms with Gasteiger partial charge < -0.3 is 14.1 Å². The number of likely N-dealkylation sites (tertiary alicyclic amines) is 1. The first-order valence-corrected chi connectivity index (χ1v) is 8.83. The minimum atomic E-state index is -0.407. The van der Waals surface area contributed by atoms with Gasteiger partial charge in [-0.25, -0.2) is 4.79 Å². The van der Waals surface area contributed by atoms with E-state index in [4.69, 9.17) is 9.15 Å². The predicted molar refractivity (Wildman–Crippen MR) is 85.4 cm³/mol. The van der Waals surface area contributed by atoms with Gasteiger partial charge in [0.05, 0.1) is 24.9 Å². The summed E-state index contributed by atoms with van der Waals surface area (Å²) in [4.78, 5) is 25.2. The van der Waals surface area contributed by atoms with Gasteiger partial charge in [-0.3, -0.25) is 4.79 Å². The molecule has 1 aliphatic carbocycles. The number of ether oxygens (including phenoxy) is 1. The van der Waals surface area contributed by atoms with E-state index in [-0.39, 0.29) is 12.0 Å². The van der Waals surface area contributed by atoms with Crippen LogP contribution in [-0.4, -0.2) is 41.0 Å². The molecule has 120 valence electrons. The summed E-state index contributed by atoms with van der Waals surface area (Å²) in [6.45, 7) is 2.91. The Bertz CT molecular complexity index is 588. The van der Waals surface area contributed by atoms with E-state index in [1.807, 2.05) is 4.90 Å². The fraction of sp³-hybridized carbons (Fsp3) is 0.625. The van der Waals surface area contributed by atoms with Crippen molar-refractivity contribution in [3.05, 3.63) is 28.3 Å². The second kappa shape index (κ2) is 6.77. The van der Waals surface area contributed by atoms with Crippen molar-refractivity contribution in [3.63, 3.8) is 0 Å². The average Bonchev–Trinajstić information content (AvgIpc) is 2.92. The number of carbonyl (C=O) groups excluding carboxylic acids is 1. The molecule has 2 fully saturated rings. The van der Waals surface area contributed by atoms with Crippen LogP contribution in [0.4, 0.5) is 0 Å². The summed E-state index contributed by atoms with van der Waals surface area (Å²) in [6, 6.07) is 3.04. The first-order valence-electron chi connectivity index (χ1n) is 7.78. The van der Waals surface area contributed by atoms with Gasteiger partial charge in [-0.1, -0.05) is 12.8 Å². The third kappa shape index (κ3) is 3.85. The Kier molecular flexibility index (Phi) is 4.76. The molecular weight excluding hydrogens is 302 g/mol. The van der Waals surface area contributed by atoms with Crippen molar-refractivity contribution in [1.29, 1.82) is 0 Å². The molecule has 0 atom stereocenters. The van der Waals surface area contributed by atoms with E-state index in [1.165, 1.54) is 31.7 Å². The van der Waals surface area contributed by atoms with Crippen LogP contribution in [0.15, 0.2) is 21.3 Å². The van der Waals surface area contributed by atoms with Gasteiger partial charge in [0.25, 0.3) is 0 Å². The molecule has 0 aromatic carbocycles. The maximum Gasteiger partial charge on any atom is 0.339 e. The fourth-order valence-corrected chi connectivity index (χ4v) is 4.12. The minimum Gasteiger partial charge on any atom is -0.486 e. The van der Waals surface area contributed by atoms with Crippen LogP contribution in [0, 0.1) is 6.92 Å². The quantitative estimate of drug-likeness (QED) is 0.831. The first kappa shape index (κ1) is 15.5. The van der Waals surface area contributed by atoms with Gasteiger partial charge in [-0.2, -0.15) is 0 Å². The van der Waals surface area contributed by atoms with E-state index < -0.39 is 5.63 Å². The molecule has 2 aliphatic rings. The third-order valence-corrected chi connectivity index (χ3v) is 5.47. The molecule has 3 rings (SSSR count). The molecule has 0 radical (unpaired) electrons. The highest BCUT2D eigenvalue weighted by Crippen LogP contribution is 2.30. The maximum absolute atomic E-state index is 12.1. The number of hydrogen-bond donors (Lipinski definition) is 0. The van der Waals surface area contributed by atoms with Crippen LogP contribution in [0.1, 0.15) is 31.4 Å². The van der Waals surface area contributed by atoms with Gasteiger partial charge in [0, 0.05) is 11.3 Å². The highest BCUT2D eigenvalue weighted by Gasteiger charge is 2.32. The van der Waals surface area contributed by atoms with E-state index in [0.717, 1.165) is 0 Å². The molecule has 0 spiro atoms. The largest absolute Gasteiger partial charge is 0.486 e. The van der Waals surface area contributed by atoms with E-state index >= 15 is 0 Å². The van der Waals surface area contributed by atoms with Gasteiger partial charge in [0.15, 0.2) is 0 Å². The number of rotatable bonds is 5. The predicted octanol–water partition coefficient (Wildman–Crippen LogP) is 2.21. The fourth-order valence-electron chi connectivity index (χ4n) is 2.89. The molecule has 5 nitrogen and oxygen atoms in total. The van der Waals surface area contributed by atoms with Crippen molar-refractivity contribution in [2.75, 3.05) is 18.8 Å². The monoisotopic (exact) mass is 323 g/mol. The zero-order valence-electron chi connectivity index (χ0n) is 12.7. The van der Waals surface area contributed by atoms with Crippen molar-refractivity contribution in [2.45, 2.75) is 44.0 Å². The maximum atomic E-state index is 12.1. The van der Waals surface area contributed by atoms with Crippen molar-refractivity contribution >= 4 is 17.7 Å². The van der Waals surface area contributed by atoms with Crippen LogP contribution in [0.2, 0.25) is 0 Å². The third-order valence-electron chi connectivity index (χ3n) is 4.12. The number of amides is 1. The van der Waals surface area contributed by atoms with Gasteiger partial charge in [0.2, 0.25) is 5.91 Å². The smallest absolute Gasteiger partial charge is 0.339 e. The Morgan fingerprint density at radius 3 is 2.77 bits per heavy atom. The Balaban J connectivity index is 1.41. The Morgan fingerprint density at radius 1 is 1.36 bits per heavy atom.